The number of thioether (sulfide) groups is 1. The molecular formula is C25H26N4O2S. The number of nitrogens with zero attached hydrogens (tertiary/aromatic N) is 3. The van der Waals surface area contributed by atoms with E-state index in [1.165, 1.54) is 17.3 Å². The fourth-order valence-electron chi connectivity index (χ4n) is 3.69. The van der Waals surface area contributed by atoms with E-state index in [-0.39, 0.29) is 5.97 Å². The summed E-state index contributed by atoms with van der Waals surface area (Å²) >= 11 is 1.51. The van der Waals surface area contributed by atoms with Crippen LogP contribution in [0.25, 0.3) is 16.9 Å². The summed E-state index contributed by atoms with van der Waals surface area (Å²) in [4.78, 5) is 17.8. The molecule has 0 saturated heterocycles. The zero-order valence-electron chi connectivity index (χ0n) is 18.6. The Morgan fingerprint density at radius 2 is 1.84 bits per heavy atom. The van der Waals surface area contributed by atoms with Crippen LogP contribution in [0.15, 0.2) is 77.1 Å². The van der Waals surface area contributed by atoms with Crippen molar-refractivity contribution in [2.24, 2.45) is 4.99 Å². The number of aliphatic imine (C=N–C) groups is 1. The molecule has 3 aromatic rings. The van der Waals surface area contributed by atoms with Crippen molar-refractivity contribution in [3.8, 4) is 16.9 Å². The average Bonchev–Trinajstić information content (AvgIpc) is 3.25. The summed E-state index contributed by atoms with van der Waals surface area (Å²) in [6.45, 7) is 6.05. The Labute approximate surface area is 192 Å². The van der Waals surface area contributed by atoms with Gasteiger partial charge in [-0.1, -0.05) is 59.8 Å². The fourth-order valence-corrected chi connectivity index (χ4v) is 4.15. The summed E-state index contributed by atoms with van der Waals surface area (Å²) in [5, 5.41) is 8.89. The monoisotopic (exact) mass is 446 g/mol. The number of hydrogen-bond acceptors (Lipinski definition) is 6. The van der Waals surface area contributed by atoms with Gasteiger partial charge in [-0.2, -0.15) is 5.10 Å². The van der Waals surface area contributed by atoms with Crippen molar-refractivity contribution in [2.45, 2.75) is 26.8 Å². The summed E-state index contributed by atoms with van der Waals surface area (Å²) in [6, 6.07) is 17.6. The van der Waals surface area contributed by atoms with Gasteiger partial charge in [0.1, 0.15) is 6.04 Å². The van der Waals surface area contributed by atoms with Gasteiger partial charge in [-0.15, -0.1) is 0 Å². The van der Waals surface area contributed by atoms with Crippen molar-refractivity contribution >= 4 is 22.9 Å². The van der Waals surface area contributed by atoms with Gasteiger partial charge < -0.3 is 10.1 Å². The first kappa shape index (κ1) is 21.9. The average molecular weight is 447 g/mol. The first-order valence-corrected chi connectivity index (χ1v) is 11.7. The van der Waals surface area contributed by atoms with E-state index in [4.69, 9.17) is 14.8 Å². The molecule has 0 amide bonds. The van der Waals surface area contributed by atoms with Crippen LogP contribution in [0, 0.1) is 6.92 Å². The second kappa shape index (κ2) is 9.44. The Kier molecular flexibility index (Phi) is 6.46. The maximum Gasteiger partial charge on any atom is 0.338 e. The van der Waals surface area contributed by atoms with Crippen molar-refractivity contribution in [1.29, 1.82) is 0 Å². The number of benzene rings is 2. The van der Waals surface area contributed by atoms with E-state index in [9.17, 15) is 4.79 Å². The number of amidine groups is 1. The number of aromatic nitrogens is 2. The predicted octanol–water partition coefficient (Wildman–Crippen LogP) is 5.05. The molecule has 1 unspecified atom stereocenters. The third-order valence-electron chi connectivity index (χ3n) is 5.29. The molecule has 7 heteroatoms. The molecule has 4 rings (SSSR count). The van der Waals surface area contributed by atoms with Crippen LogP contribution in [0.5, 0.6) is 0 Å². The van der Waals surface area contributed by atoms with Crippen molar-refractivity contribution < 1.29 is 9.53 Å². The number of aryl methyl sites for hydroxylation is 1. The summed E-state index contributed by atoms with van der Waals surface area (Å²) in [5.41, 5.74) is 5.98. The molecule has 1 N–H and O–H groups in total. The summed E-state index contributed by atoms with van der Waals surface area (Å²) in [5.74, 6) is -0.367. The number of para-hydroxylation sites is 1. The van der Waals surface area contributed by atoms with Crippen LogP contribution in [0.2, 0.25) is 0 Å². The summed E-state index contributed by atoms with van der Waals surface area (Å²) < 4.78 is 7.23. The van der Waals surface area contributed by atoms with Crippen molar-refractivity contribution in [3.05, 3.63) is 83.2 Å². The molecule has 2 heterocycles. The second-order valence-corrected chi connectivity index (χ2v) is 8.30. The molecule has 1 aliphatic rings. The summed E-state index contributed by atoms with van der Waals surface area (Å²) in [6.07, 6.45) is 3.92. The van der Waals surface area contributed by atoms with E-state index in [1.54, 1.807) is 6.92 Å². The standard InChI is InChI=1S/C25H26N4O2S/c1-5-31-24(30)21-17(3)26-25(32-4)27-23(21)20-15-29(19-9-7-6-8-10-19)28-22(20)18-13-11-16(2)12-14-18/h6-15,23H,5H2,1-4H3,(H,26,27). The Bertz CT molecular complexity index is 1180. The fraction of sp³-hybridized carbons (Fsp3) is 0.240. The Hall–Kier alpha value is -3.32. The number of nitrogens with one attached hydrogen (secondary N) is 1. The lowest BCUT2D eigenvalue weighted by Crippen LogP contribution is -2.30. The maximum atomic E-state index is 12.9. The maximum absolute atomic E-state index is 12.9. The minimum atomic E-state index is -0.522. The number of hydrogen-bond donors (Lipinski definition) is 1. The number of allylic oxidation sites excluding steroid dienone is 1. The Morgan fingerprint density at radius 1 is 1.12 bits per heavy atom. The van der Waals surface area contributed by atoms with Gasteiger partial charge in [0.15, 0.2) is 5.17 Å². The van der Waals surface area contributed by atoms with Gasteiger partial charge in [0, 0.05) is 23.0 Å². The highest BCUT2D eigenvalue weighted by Crippen LogP contribution is 2.38. The second-order valence-electron chi connectivity index (χ2n) is 7.50. The molecule has 0 bridgehead atoms. The molecule has 0 fully saturated rings. The van der Waals surface area contributed by atoms with Crippen LogP contribution < -0.4 is 5.32 Å². The molecule has 1 aliphatic heterocycles. The van der Waals surface area contributed by atoms with Crippen LogP contribution in [0.1, 0.15) is 31.0 Å². The quantitative estimate of drug-likeness (QED) is 0.556. The van der Waals surface area contributed by atoms with Crippen molar-refractivity contribution in [1.82, 2.24) is 15.1 Å². The van der Waals surface area contributed by atoms with E-state index in [0.717, 1.165) is 33.4 Å². The molecular weight excluding hydrogens is 420 g/mol. The van der Waals surface area contributed by atoms with Crippen LogP contribution in [-0.4, -0.2) is 33.8 Å². The van der Waals surface area contributed by atoms with Gasteiger partial charge in [0.25, 0.3) is 0 Å². The summed E-state index contributed by atoms with van der Waals surface area (Å²) in [7, 11) is 0. The van der Waals surface area contributed by atoms with Gasteiger partial charge in [-0.25, -0.2) is 14.5 Å². The first-order chi connectivity index (χ1) is 15.5. The smallest absolute Gasteiger partial charge is 0.338 e. The minimum Gasteiger partial charge on any atom is -0.463 e. The molecule has 0 radical (unpaired) electrons. The largest absolute Gasteiger partial charge is 0.463 e. The van der Waals surface area contributed by atoms with E-state index in [0.29, 0.717) is 12.2 Å². The highest BCUT2D eigenvalue weighted by Gasteiger charge is 2.33. The first-order valence-electron chi connectivity index (χ1n) is 10.5. The van der Waals surface area contributed by atoms with E-state index < -0.39 is 6.04 Å². The molecule has 0 saturated carbocycles. The third-order valence-corrected chi connectivity index (χ3v) is 5.88. The lowest BCUT2D eigenvalue weighted by atomic mass is 9.94. The van der Waals surface area contributed by atoms with E-state index in [2.05, 4.69) is 36.5 Å². The number of carbonyl (C=O) groups is 1. The molecule has 1 atom stereocenters. The zero-order chi connectivity index (χ0) is 22.7. The van der Waals surface area contributed by atoms with Gasteiger partial charge in [0.2, 0.25) is 0 Å². The zero-order valence-corrected chi connectivity index (χ0v) is 19.4. The number of ether oxygens (including phenoxy) is 1. The Morgan fingerprint density at radius 3 is 2.50 bits per heavy atom. The molecule has 2 aromatic carbocycles. The molecule has 6 nitrogen and oxygen atoms in total. The van der Waals surface area contributed by atoms with Crippen molar-refractivity contribution in [3.63, 3.8) is 0 Å². The van der Waals surface area contributed by atoms with Crippen molar-refractivity contribution in [2.75, 3.05) is 12.9 Å². The molecule has 0 spiro atoms. The minimum absolute atomic E-state index is 0.301. The highest BCUT2D eigenvalue weighted by molar-refractivity contribution is 8.13. The molecule has 32 heavy (non-hydrogen) atoms. The molecule has 164 valence electrons. The van der Waals surface area contributed by atoms with Crippen LogP contribution in [0.4, 0.5) is 0 Å². The van der Waals surface area contributed by atoms with Crippen LogP contribution in [-0.2, 0) is 9.53 Å². The normalized spacial score (nSPS) is 15.9. The van der Waals surface area contributed by atoms with Gasteiger partial charge >= 0.3 is 5.97 Å². The van der Waals surface area contributed by atoms with Crippen LogP contribution in [0.3, 0.4) is 0 Å². The van der Waals surface area contributed by atoms with E-state index in [1.807, 2.05) is 54.4 Å². The van der Waals surface area contributed by atoms with E-state index >= 15 is 0 Å². The van der Waals surface area contributed by atoms with Gasteiger partial charge in [-0.3, -0.25) is 0 Å². The highest BCUT2D eigenvalue weighted by atomic mass is 32.2. The lowest BCUT2D eigenvalue weighted by Gasteiger charge is -2.25. The molecule has 1 aromatic heterocycles. The third kappa shape index (κ3) is 4.34. The van der Waals surface area contributed by atoms with Gasteiger partial charge in [0.05, 0.1) is 23.6 Å². The number of esters is 1. The number of rotatable bonds is 5. The van der Waals surface area contributed by atoms with Crippen LogP contribution >= 0.6 is 11.8 Å². The topological polar surface area (TPSA) is 68.5 Å². The molecule has 0 aliphatic carbocycles. The predicted molar refractivity (Wildman–Crippen MR) is 130 cm³/mol. The number of carbonyl (C=O) groups excluding carboxylic acids is 1. The Balaban J connectivity index is 1.92. The SMILES string of the molecule is CCOC(=O)C1=C(C)NC(SC)=NC1c1cn(-c2ccccc2)nc1-c1ccc(C)cc1. The van der Waals surface area contributed by atoms with Gasteiger partial charge in [-0.05, 0) is 39.2 Å². The lowest BCUT2D eigenvalue weighted by molar-refractivity contribution is -0.138.